The number of carboxylic acids is 1. The van der Waals surface area contributed by atoms with E-state index in [2.05, 4.69) is 5.32 Å². The summed E-state index contributed by atoms with van der Waals surface area (Å²) in [6.45, 7) is 5.29. The molecule has 0 amide bonds. The lowest BCUT2D eigenvalue weighted by Gasteiger charge is -2.10. The monoisotopic (exact) mass is 223 g/mol. The van der Waals surface area contributed by atoms with E-state index in [0.29, 0.717) is 5.75 Å². The molecule has 1 aromatic carbocycles. The summed E-state index contributed by atoms with van der Waals surface area (Å²) in [5.41, 5.74) is 1.15. The van der Waals surface area contributed by atoms with Gasteiger partial charge in [0, 0.05) is 6.54 Å². The normalized spacial score (nSPS) is 12.1. The molecule has 1 rings (SSSR count). The van der Waals surface area contributed by atoms with Gasteiger partial charge in [-0.05, 0) is 31.2 Å². The van der Waals surface area contributed by atoms with Gasteiger partial charge in [0.2, 0.25) is 0 Å². The van der Waals surface area contributed by atoms with Crippen LogP contribution in [0.15, 0.2) is 24.3 Å². The van der Waals surface area contributed by atoms with E-state index in [1.54, 1.807) is 12.1 Å². The van der Waals surface area contributed by atoms with Crippen molar-refractivity contribution in [3.8, 4) is 5.75 Å². The number of aliphatic carboxylic acids is 1. The number of carbonyl (C=O) groups is 1. The Hall–Kier alpha value is -1.55. The predicted octanol–water partition coefficient (Wildman–Crippen LogP) is 1.65. The molecule has 4 heteroatoms. The van der Waals surface area contributed by atoms with Gasteiger partial charge in [-0.2, -0.15) is 0 Å². The van der Waals surface area contributed by atoms with E-state index in [0.717, 1.165) is 18.7 Å². The Morgan fingerprint density at radius 3 is 2.56 bits per heavy atom. The van der Waals surface area contributed by atoms with Gasteiger partial charge in [-0.1, -0.05) is 19.1 Å². The van der Waals surface area contributed by atoms with Gasteiger partial charge in [0.1, 0.15) is 5.75 Å². The first-order valence-corrected chi connectivity index (χ1v) is 5.32. The molecule has 1 aromatic rings. The zero-order valence-corrected chi connectivity index (χ0v) is 9.56. The van der Waals surface area contributed by atoms with Gasteiger partial charge >= 0.3 is 5.97 Å². The fraction of sp³-hybridized carbons (Fsp3) is 0.417. The Labute approximate surface area is 95.2 Å². The maximum absolute atomic E-state index is 10.6. The van der Waals surface area contributed by atoms with Crippen molar-refractivity contribution in [3.63, 3.8) is 0 Å². The molecule has 0 aliphatic rings. The van der Waals surface area contributed by atoms with Crippen molar-refractivity contribution in [2.24, 2.45) is 0 Å². The third-order valence-electron chi connectivity index (χ3n) is 2.16. The Bertz CT molecular complexity index is 335. The van der Waals surface area contributed by atoms with Crippen molar-refractivity contribution in [1.82, 2.24) is 5.32 Å². The van der Waals surface area contributed by atoms with Crippen LogP contribution in [-0.4, -0.2) is 23.7 Å². The Balaban J connectivity index is 2.54. The summed E-state index contributed by atoms with van der Waals surface area (Å²) in [7, 11) is 0. The van der Waals surface area contributed by atoms with Crippen molar-refractivity contribution in [1.29, 1.82) is 0 Å². The lowest BCUT2D eigenvalue weighted by atomic mass is 10.2. The van der Waals surface area contributed by atoms with Crippen molar-refractivity contribution in [2.75, 3.05) is 6.54 Å². The van der Waals surface area contributed by atoms with Crippen LogP contribution in [0.3, 0.4) is 0 Å². The average molecular weight is 223 g/mol. The third kappa shape index (κ3) is 3.90. The smallest absolute Gasteiger partial charge is 0.344 e. The van der Waals surface area contributed by atoms with Gasteiger partial charge in [0.25, 0.3) is 0 Å². The van der Waals surface area contributed by atoms with Gasteiger partial charge in [-0.15, -0.1) is 0 Å². The van der Waals surface area contributed by atoms with Crippen molar-refractivity contribution in [2.45, 2.75) is 26.5 Å². The Morgan fingerprint density at radius 2 is 2.06 bits per heavy atom. The number of hydrogen-bond donors (Lipinski definition) is 2. The lowest BCUT2D eigenvalue weighted by Crippen LogP contribution is -2.22. The molecule has 0 saturated heterocycles. The number of benzene rings is 1. The summed E-state index contributed by atoms with van der Waals surface area (Å²) in [6.07, 6.45) is -0.820. The van der Waals surface area contributed by atoms with E-state index >= 15 is 0 Å². The quantitative estimate of drug-likeness (QED) is 0.769. The fourth-order valence-electron chi connectivity index (χ4n) is 1.21. The number of rotatable bonds is 6. The molecular weight excluding hydrogens is 206 g/mol. The van der Waals surface area contributed by atoms with E-state index in [1.807, 2.05) is 19.1 Å². The molecule has 4 nitrogen and oxygen atoms in total. The average Bonchev–Trinajstić information content (AvgIpc) is 2.28. The van der Waals surface area contributed by atoms with Gasteiger partial charge in [0.15, 0.2) is 6.10 Å². The summed E-state index contributed by atoms with van der Waals surface area (Å²) in [5.74, 6) is -0.383. The first kappa shape index (κ1) is 12.5. The number of carboxylic acid groups (broad SMARTS) is 1. The molecular formula is C12H17NO3. The van der Waals surface area contributed by atoms with Crippen LogP contribution >= 0.6 is 0 Å². The minimum absolute atomic E-state index is 0.579. The number of ether oxygens (including phenoxy) is 1. The number of nitrogens with one attached hydrogen (secondary N) is 1. The molecule has 2 N–H and O–H groups in total. The summed E-state index contributed by atoms with van der Waals surface area (Å²) in [5, 5.41) is 11.9. The second kappa shape index (κ2) is 6.12. The van der Waals surface area contributed by atoms with Crippen LogP contribution in [0, 0.1) is 0 Å². The van der Waals surface area contributed by atoms with Crippen LogP contribution in [0.1, 0.15) is 19.4 Å². The summed E-state index contributed by atoms with van der Waals surface area (Å²) in [4.78, 5) is 10.6. The lowest BCUT2D eigenvalue weighted by molar-refractivity contribution is -0.144. The molecule has 0 fully saturated rings. The minimum Gasteiger partial charge on any atom is -0.479 e. The van der Waals surface area contributed by atoms with Gasteiger partial charge < -0.3 is 15.2 Å². The molecule has 0 spiro atoms. The molecule has 0 bridgehead atoms. The van der Waals surface area contributed by atoms with Gasteiger partial charge in [-0.3, -0.25) is 0 Å². The highest BCUT2D eigenvalue weighted by Gasteiger charge is 2.11. The first-order valence-electron chi connectivity index (χ1n) is 5.32. The summed E-state index contributed by atoms with van der Waals surface area (Å²) < 4.78 is 5.22. The van der Waals surface area contributed by atoms with E-state index in [9.17, 15) is 4.79 Å². The second-order valence-corrected chi connectivity index (χ2v) is 3.52. The van der Waals surface area contributed by atoms with E-state index in [1.165, 1.54) is 6.92 Å². The maximum atomic E-state index is 10.6. The van der Waals surface area contributed by atoms with Crippen LogP contribution in [0.2, 0.25) is 0 Å². The Morgan fingerprint density at radius 1 is 1.44 bits per heavy atom. The molecule has 0 heterocycles. The molecule has 88 valence electrons. The summed E-state index contributed by atoms with van der Waals surface area (Å²) >= 11 is 0. The van der Waals surface area contributed by atoms with Gasteiger partial charge in [-0.25, -0.2) is 4.79 Å². The molecule has 0 saturated carbocycles. The molecule has 0 radical (unpaired) electrons. The standard InChI is InChI=1S/C12H17NO3/c1-3-13-8-10-4-6-11(7-5-10)16-9(2)12(14)15/h4-7,9,13H,3,8H2,1-2H3,(H,14,15). The van der Waals surface area contributed by atoms with Crippen LogP contribution in [-0.2, 0) is 11.3 Å². The van der Waals surface area contributed by atoms with Crippen LogP contribution in [0.5, 0.6) is 5.75 Å². The highest BCUT2D eigenvalue weighted by molar-refractivity contribution is 5.72. The zero-order valence-electron chi connectivity index (χ0n) is 9.56. The fourth-order valence-corrected chi connectivity index (χ4v) is 1.21. The largest absolute Gasteiger partial charge is 0.479 e. The zero-order chi connectivity index (χ0) is 12.0. The Kier molecular flexibility index (Phi) is 4.79. The topological polar surface area (TPSA) is 58.6 Å². The minimum atomic E-state index is -0.961. The third-order valence-corrected chi connectivity index (χ3v) is 2.16. The van der Waals surface area contributed by atoms with Crippen LogP contribution in [0.4, 0.5) is 0 Å². The van der Waals surface area contributed by atoms with E-state index in [-0.39, 0.29) is 0 Å². The highest BCUT2D eigenvalue weighted by Crippen LogP contribution is 2.13. The number of hydrogen-bond acceptors (Lipinski definition) is 3. The highest BCUT2D eigenvalue weighted by atomic mass is 16.5. The van der Waals surface area contributed by atoms with Gasteiger partial charge in [0.05, 0.1) is 0 Å². The SMILES string of the molecule is CCNCc1ccc(OC(C)C(=O)O)cc1. The molecule has 0 aliphatic carbocycles. The van der Waals surface area contributed by atoms with Crippen molar-refractivity contribution >= 4 is 5.97 Å². The molecule has 1 unspecified atom stereocenters. The van der Waals surface area contributed by atoms with E-state index in [4.69, 9.17) is 9.84 Å². The van der Waals surface area contributed by atoms with Crippen LogP contribution < -0.4 is 10.1 Å². The maximum Gasteiger partial charge on any atom is 0.344 e. The molecule has 0 aromatic heterocycles. The van der Waals surface area contributed by atoms with Crippen molar-refractivity contribution < 1.29 is 14.6 Å². The molecule has 16 heavy (non-hydrogen) atoms. The predicted molar refractivity (Wildman–Crippen MR) is 61.5 cm³/mol. The van der Waals surface area contributed by atoms with Crippen LogP contribution in [0.25, 0.3) is 0 Å². The summed E-state index contributed by atoms with van der Waals surface area (Å²) in [6, 6.07) is 7.41. The molecule has 1 atom stereocenters. The molecule has 0 aliphatic heterocycles. The second-order valence-electron chi connectivity index (χ2n) is 3.52. The van der Waals surface area contributed by atoms with E-state index < -0.39 is 12.1 Å². The first-order chi connectivity index (χ1) is 7.63. The van der Waals surface area contributed by atoms with Crippen molar-refractivity contribution in [3.05, 3.63) is 29.8 Å².